The number of nitrogen functional groups attached to an aromatic ring is 1. The van der Waals surface area contributed by atoms with Gasteiger partial charge in [0, 0.05) is 11.1 Å². The molecule has 0 aliphatic carbocycles. The monoisotopic (exact) mass is 600 g/mol. The second kappa shape index (κ2) is 14.1. The molecule has 4 heterocycles. The molecule has 6 rings (SSSR count). The van der Waals surface area contributed by atoms with Gasteiger partial charge in [0.05, 0.1) is 0 Å². The Morgan fingerprint density at radius 2 is 1.49 bits per heavy atom. The van der Waals surface area contributed by atoms with Crippen LogP contribution in [0.2, 0.25) is 0 Å². The maximum Gasteiger partial charge on any atom is 1.00 e. The zero-order valence-corrected chi connectivity index (χ0v) is 23.4. The summed E-state index contributed by atoms with van der Waals surface area (Å²) in [4.78, 5) is 12.9. The zero-order chi connectivity index (χ0) is 28.6. The number of nitrogens with two attached hydrogens (primary N) is 2. The van der Waals surface area contributed by atoms with Crippen molar-refractivity contribution in [1.29, 1.82) is 0 Å². The molecule has 3 atom stereocenters. The molecule has 41 heavy (non-hydrogen) atoms. The summed E-state index contributed by atoms with van der Waals surface area (Å²) >= 11 is 0. The van der Waals surface area contributed by atoms with Gasteiger partial charge < -0.3 is 27.4 Å². The van der Waals surface area contributed by atoms with E-state index in [0.29, 0.717) is 11.6 Å². The summed E-state index contributed by atoms with van der Waals surface area (Å²) in [5, 5.41) is 30.5. The molecule has 11 heteroatoms. The number of nitrogens with zero attached hydrogens (tertiary/aromatic N) is 5. The maximum atomic E-state index is 8.47. The molecule has 6 N–H and O–H groups in total. The summed E-state index contributed by atoms with van der Waals surface area (Å²) in [6.07, 6.45) is 14.3. The summed E-state index contributed by atoms with van der Waals surface area (Å²) < 4.78 is 0. The Morgan fingerprint density at radius 3 is 2.20 bits per heavy atom. The summed E-state index contributed by atoms with van der Waals surface area (Å²) in [5.41, 5.74) is 15.0. The van der Waals surface area contributed by atoms with E-state index in [4.69, 9.17) is 26.8 Å². The van der Waals surface area contributed by atoms with E-state index in [0.717, 1.165) is 38.3 Å². The normalized spacial score (nSPS) is 19.9. The minimum Gasteiger partial charge on any atom is -0.682 e. The van der Waals surface area contributed by atoms with Gasteiger partial charge >= 0.3 is 22.2 Å². The first-order valence-electron chi connectivity index (χ1n) is 12.6. The van der Waals surface area contributed by atoms with Crippen molar-refractivity contribution in [2.24, 2.45) is 5.73 Å². The molecule has 0 fully saturated rings. The minimum atomic E-state index is -1.25. The van der Waals surface area contributed by atoms with Crippen molar-refractivity contribution < 1.29 is 32.6 Å². The predicted octanol–water partition coefficient (Wildman–Crippen LogP) is 4.71. The summed E-state index contributed by atoms with van der Waals surface area (Å²) in [5.74, 6) is 1.17. The third kappa shape index (κ3) is 8.14. The topological polar surface area (TPSA) is 168 Å². The fraction of sp³-hybridized carbons (Fsp3) is 0.167. The van der Waals surface area contributed by atoms with Crippen LogP contribution in [-0.4, -0.2) is 32.6 Å². The Morgan fingerprint density at radius 1 is 0.854 bits per heavy atom. The Hall–Kier alpha value is -4.73. The van der Waals surface area contributed by atoms with Crippen molar-refractivity contribution >= 4 is 28.5 Å². The van der Waals surface area contributed by atoms with Crippen LogP contribution in [-0.2, 0) is 17.1 Å². The number of pyridine rings is 1. The van der Waals surface area contributed by atoms with E-state index >= 15 is 0 Å². The molecule has 0 bridgehead atoms. The third-order valence-electron chi connectivity index (χ3n) is 6.29. The molecule has 10 nitrogen and oxygen atoms in total. The van der Waals surface area contributed by atoms with Gasteiger partial charge in [0.25, 0.3) is 0 Å². The summed E-state index contributed by atoms with van der Waals surface area (Å²) in [6.45, 7) is 3.99. The number of fused-ring (bicyclic) bond motifs is 2. The number of hydrogen-bond donors (Lipinski definition) is 4. The number of anilines is 1. The largest absolute Gasteiger partial charge is 1.00 e. The number of allylic oxidation sites excluding steroid dienone is 6. The first kappa shape index (κ1) is 30.8. The minimum absolute atomic E-state index is 0. The molecule has 0 amide bonds. The standard InChI is InChI=1S/C15H15N3.C15H14N3.Cu.H2NO3/c2*1-10-5-4-8-13(17-10)14-9-11-6-2-3-7-12(11)15(16)18-14;;2-1(3)4/h2-9,13-14H,16H2,1H3;2-9,13H,1H3,(H2,16,18);;(H2,2,3,4)/q-2;-1;2*+1. The van der Waals surface area contributed by atoms with Crippen molar-refractivity contribution in [2.75, 3.05) is 5.73 Å². The Bertz CT molecular complexity index is 1650. The van der Waals surface area contributed by atoms with Gasteiger partial charge in [-0.15, -0.1) is 0 Å². The van der Waals surface area contributed by atoms with Crippen LogP contribution < -0.4 is 21.9 Å². The summed E-state index contributed by atoms with van der Waals surface area (Å²) in [6, 6.07) is 18.2. The van der Waals surface area contributed by atoms with Crippen LogP contribution in [0.3, 0.4) is 0 Å². The van der Waals surface area contributed by atoms with Crippen molar-refractivity contribution in [3.8, 4) is 0 Å². The molecular formula is C30H31CuN7O3-. The van der Waals surface area contributed by atoms with Gasteiger partial charge in [0.2, 0.25) is 0 Å². The quantitative estimate of drug-likeness (QED) is 0.245. The van der Waals surface area contributed by atoms with Gasteiger partial charge in [0.1, 0.15) is 10.7 Å². The van der Waals surface area contributed by atoms with Crippen LogP contribution in [0.4, 0.5) is 5.82 Å². The van der Waals surface area contributed by atoms with Crippen LogP contribution in [0, 0.1) is 4.91 Å². The molecule has 3 aromatic rings. The molecule has 2 aromatic carbocycles. The first-order chi connectivity index (χ1) is 19.2. The average molecular weight is 601 g/mol. The van der Waals surface area contributed by atoms with E-state index in [-0.39, 0.29) is 35.2 Å². The first-order valence-corrected chi connectivity index (χ1v) is 12.6. The van der Waals surface area contributed by atoms with E-state index in [9.17, 15) is 0 Å². The van der Waals surface area contributed by atoms with E-state index in [1.54, 1.807) is 0 Å². The molecule has 216 valence electrons. The van der Waals surface area contributed by atoms with E-state index in [1.807, 2.05) is 86.7 Å². The molecule has 3 aliphatic heterocycles. The number of benzene rings is 2. The molecular weight excluding hydrogens is 570 g/mol. The zero-order valence-electron chi connectivity index (χ0n) is 22.5. The van der Waals surface area contributed by atoms with Crippen LogP contribution >= 0.6 is 0 Å². The molecule has 3 unspecified atom stereocenters. The van der Waals surface area contributed by atoms with Crippen molar-refractivity contribution in [3.63, 3.8) is 0 Å². The third-order valence-corrected chi connectivity index (χ3v) is 6.29. The molecule has 0 saturated heterocycles. The smallest absolute Gasteiger partial charge is 0.682 e. The van der Waals surface area contributed by atoms with Crippen LogP contribution in [0.1, 0.15) is 25.6 Å². The van der Waals surface area contributed by atoms with Gasteiger partial charge in [-0.2, -0.15) is 11.4 Å². The van der Waals surface area contributed by atoms with Crippen LogP contribution in [0.5, 0.6) is 0 Å². The Labute approximate surface area is 248 Å². The molecule has 0 radical (unpaired) electrons. The van der Waals surface area contributed by atoms with E-state index in [1.165, 1.54) is 0 Å². The van der Waals surface area contributed by atoms with Crippen LogP contribution in [0.25, 0.3) is 38.6 Å². The molecule has 0 spiro atoms. The van der Waals surface area contributed by atoms with E-state index < -0.39 is 5.09 Å². The molecule has 1 aromatic heterocycles. The van der Waals surface area contributed by atoms with Gasteiger partial charge in [-0.25, -0.2) is 15.4 Å². The molecule has 3 aliphatic rings. The maximum absolute atomic E-state index is 8.47. The second-order valence-electron chi connectivity index (χ2n) is 9.24. The van der Waals surface area contributed by atoms with E-state index in [2.05, 4.69) is 45.2 Å². The SMILES string of the molecule is CC1=CC=CC(C2C=c3ccccc3=C(N)[N-]2)[N-]1.CC1=CC=CC(c2cc3ccccc3c(N)n2)[N-]1.O=[N+](O)O.[Cu+]. The number of rotatable bonds is 2. The Kier molecular flexibility index (Phi) is 10.6. The summed E-state index contributed by atoms with van der Waals surface area (Å²) in [7, 11) is 0. The fourth-order valence-corrected chi connectivity index (χ4v) is 4.49. The van der Waals surface area contributed by atoms with Crippen molar-refractivity contribution in [1.82, 2.24) is 4.98 Å². The van der Waals surface area contributed by atoms with Gasteiger partial charge in [-0.05, 0) is 27.9 Å². The van der Waals surface area contributed by atoms with Gasteiger partial charge in [-0.3, -0.25) is 0 Å². The second-order valence-corrected chi connectivity index (χ2v) is 9.24. The van der Waals surface area contributed by atoms with Gasteiger partial charge in [0.15, 0.2) is 0 Å². The van der Waals surface area contributed by atoms with Crippen LogP contribution in [0.15, 0.2) is 102 Å². The predicted molar refractivity (Wildman–Crippen MR) is 157 cm³/mol. The number of aromatic nitrogens is 1. The van der Waals surface area contributed by atoms with Crippen molar-refractivity contribution in [3.05, 3.63) is 139 Å². The van der Waals surface area contributed by atoms with Crippen molar-refractivity contribution in [2.45, 2.75) is 32.0 Å². The fourth-order valence-electron chi connectivity index (χ4n) is 4.49. The van der Waals surface area contributed by atoms with Gasteiger partial charge in [-0.1, -0.05) is 123 Å². The molecule has 0 saturated carbocycles. The average Bonchev–Trinajstić information content (AvgIpc) is 2.93. The number of hydrogen-bond acceptors (Lipinski definition) is 4. The Balaban J connectivity index is 0.000000196.